The van der Waals surface area contributed by atoms with E-state index >= 15 is 0 Å². The van der Waals surface area contributed by atoms with Crippen molar-refractivity contribution in [2.24, 2.45) is 0 Å². The number of halogens is 1. The van der Waals surface area contributed by atoms with Gasteiger partial charge < -0.3 is 9.73 Å². The van der Waals surface area contributed by atoms with Gasteiger partial charge in [-0.1, -0.05) is 17.7 Å². The molecule has 0 aliphatic heterocycles. The molecular formula is C13H13ClN2O2. The van der Waals surface area contributed by atoms with E-state index in [2.05, 4.69) is 10.3 Å². The van der Waals surface area contributed by atoms with Gasteiger partial charge in [0.2, 0.25) is 5.91 Å². The van der Waals surface area contributed by atoms with Gasteiger partial charge in [-0.15, -0.1) is 0 Å². The molecule has 94 valence electrons. The number of aromatic nitrogens is 1. The van der Waals surface area contributed by atoms with Crippen molar-refractivity contribution >= 4 is 23.2 Å². The van der Waals surface area contributed by atoms with E-state index in [9.17, 15) is 4.79 Å². The third kappa shape index (κ3) is 3.11. The Kier molecular flexibility index (Phi) is 3.67. The van der Waals surface area contributed by atoms with Crippen molar-refractivity contribution in [1.29, 1.82) is 0 Å². The monoisotopic (exact) mass is 264 g/mol. The molecule has 1 aromatic carbocycles. The molecule has 1 heterocycles. The van der Waals surface area contributed by atoms with E-state index in [0.29, 0.717) is 22.4 Å². The summed E-state index contributed by atoms with van der Waals surface area (Å²) in [5.41, 5.74) is 1.41. The topological polar surface area (TPSA) is 55.1 Å². The number of hydrogen-bond donors (Lipinski definition) is 1. The van der Waals surface area contributed by atoms with Gasteiger partial charge in [0.15, 0.2) is 5.89 Å². The quantitative estimate of drug-likeness (QED) is 0.927. The number of rotatable bonds is 3. The molecule has 0 radical (unpaired) electrons. The van der Waals surface area contributed by atoms with Crippen LogP contribution in [0.15, 0.2) is 28.7 Å². The number of aryl methyl sites for hydroxylation is 2. The molecule has 1 aromatic heterocycles. The lowest BCUT2D eigenvalue weighted by molar-refractivity contribution is -0.115. The highest BCUT2D eigenvalue weighted by molar-refractivity contribution is 6.30. The Morgan fingerprint density at radius 3 is 2.83 bits per heavy atom. The summed E-state index contributed by atoms with van der Waals surface area (Å²) < 4.78 is 5.35. The average molecular weight is 265 g/mol. The van der Waals surface area contributed by atoms with Gasteiger partial charge in [0.05, 0.1) is 12.1 Å². The zero-order chi connectivity index (χ0) is 13.1. The fourth-order valence-electron chi connectivity index (χ4n) is 1.65. The van der Waals surface area contributed by atoms with Crippen molar-refractivity contribution in [3.05, 3.63) is 46.6 Å². The minimum atomic E-state index is -0.156. The van der Waals surface area contributed by atoms with Crippen LogP contribution in [0.1, 0.15) is 17.3 Å². The van der Waals surface area contributed by atoms with Gasteiger partial charge in [-0.25, -0.2) is 4.98 Å². The lowest BCUT2D eigenvalue weighted by atomic mass is 10.2. The van der Waals surface area contributed by atoms with Crippen molar-refractivity contribution < 1.29 is 9.21 Å². The fraction of sp³-hybridized carbons (Fsp3) is 0.231. The standard InChI is InChI=1S/C13H13ClN2O2/c1-8-12(18-9(2)15-8)7-13(17)16-11-5-3-4-10(14)6-11/h3-6H,7H2,1-2H3,(H,16,17). The van der Waals surface area contributed by atoms with Crippen LogP contribution >= 0.6 is 11.6 Å². The molecule has 5 heteroatoms. The fourth-order valence-corrected chi connectivity index (χ4v) is 1.85. The third-order valence-corrected chi connectivity index (χ3v) is 2.66. The molecule has 18 heavy (non-hydrogen) atoms. The summed E-state index contributed by atoms with van der Waals surface area (Å²) in [6.45, 7) is 3.57. The number of carbonyl (C=O) groups is 1. The predicted octanol–water partition coefficient (Wildman–Crippen LogP) is 3.13. The molecule has 0 spiro atoms. The summed E-state index contributed by atoms with van der Waals surface area (Å²) in [6.07, 6.45) is 0.166. The second-order valence-corrected chi connectivity index (χ2v) is 4.41. The maximum Gasteiger partial charge on any atom is 0.232 e. The highest BCUT2D eigenvalue weighted by Crippen LogP contribution is 2.16. The van der Waals surface area contributed by atoms with Gasteiger partial charge in [-0.3, -0.25) is 4.79 Å². The molecular weight excluding hydrogens is 252 g/mol. The molecule has 0 bridgehead atoms. The number of carbonyl (C=O) groups excluding carboxylic acids is 1. The molecule has 2 aromatic rings. The van der Waals surface area contributed by atoms with Crippen LogP contribution in [0.3, 0.4) is 0 Å². The summed E-state index contributed by atoms with van der Waals surface area (Å²) >= 11 is 5.84. The third-order valence-electron chi connectivity index (χ3n) is 2.43. The number of oxazole rings is 1. The Morgan fingerprint density at radius 1 is 1.44 bits per heavy atom. The lowest BCUT2D eigenvalue weighted by Gasteiger charge is -2.04. The highest BCUT2D eigenvalue weighted by Gasteiger charge is 2.12. The summed E-state index contributed by atoms with van der Waals surface area (Å²) in [7, 11) is 0. The summed E-state index contributed by atoms with van der Waals surface area (Å²) in [4.78, 5) is 15.9. The van der Waals surface area contributed by atoms with Gasteiger partial charge in [-0.05, 0) is 25.1 Å². The van der Waals surface area contributed by atoms with Crippen LogP contribution in [0, 0.1) is 13.8 Å². The molecule has 0 saturated carbocycles. The maximum absolute atomic E-state index is 11.8. The van der Waals surface area contributed by atoms with Gasteiger partial charge in [-0.2, -0.15) is 0 Å². The Bertz CT molecular complexity index is 578. The van der Waals surface area contributed by atoms with Gasteiger partial charge >= 0.3 is 0 Å². The van der Waals surface area contributed by atoms with Crippen molar-refractivity contribution in [3.8, 4) is 0 Å². The molecule has 2 rings (SSSR count). The van der Waals surface area contributed by atoms with E-state index in [1.165, 1.54) is 0 Å². The highest BCUT2D eigenvalue weighted by atomic mass is 35.5. The van der Waals surface area contributed by atoms with E-state index in [4.69, 9.17) is 16.0 Å². The number of nitrogens with zero attached hydrogens (tertiary/aromatic N) is 1. The first-order chi connectivity index (χ1) is 8.54. The van der Waals surface area contributed by atoms with Crippen LogP contribution in [-0.4, -0.2) is 10.9 Å². The zero-order valence-corrected chi connectivity index (χ0v) is 10.9. The molecule has 4 nitrogen and oxygen atoms in total. The van der Waals surface area contributed by atoms with Gasteiger partial charge in [0.25, 0.3) is 0 Å². The smallest absolute Gasteiger partial charge is 0.232 e. The van der Waals surface area contributed by atoms with Crippen LogP contribution in [0.5, 0.6) is 0 Å². The van der Waals surface area contributed by atoms with Crippen LogP contribution in [0.2, 0.25) is 5.02 Å². The van der Waals surface area contributed by atoms with Crippen molar-refractivity contribution in [3.63, 3.8) is 0 Å². The Morgan fingerprint density at radius 2 is 2.22 bits per heavy atom. The van der Waals surface area contributed by atoms with E-state index in [1.807, 2.05) is 6.92 Å². The van der Waals surface area contributed by atoms with Crippen LogP contribution in [0.25, 0.3) is 0 Å². The number of amides is 1. The lowest BCUT2D eigenvalue weighted by Crippen LogP contribution is -2.14. The number of hydrogen-bond acceptors (Lipinski definition) is 3. The summed E-state index contributed by atoms with van der Waals surface area (Å²) in [6, 6.07) is 7.00. The van der Waals surface area contributed by atoms with Gasteiger partial charge in [0.1, 0.15) is 5.76 Å². The van der Waals surface area contributed by atoms with Crippen LogP contribution < -0.4 is 5.32 Å². The SMILES string of the molecule is Cc1nc(C)c(CC(=O)Nc2cccc(Cl)c2)o1. The first-order valence-electron chi connectivity index (χ1n) is 5.53. The molecule has 0 aliphatic carbocycles. The molecule has 0 saturated heterocycles. The molecule has 1 N–H and O–H groups in total. The normalized spacial score (nSPS) is 10.4. The van der Waals surface area contributed by atoms with E-state index < -0.39 is 0 Å². The Hall–Kier alpha value is -1.81. The van der Waals surface area contributed by atoms with E-state index in [1.54, 1.807) is 31.2 Å². The molecule has 0 fully saturated rings. The molecule has 0 unspecified atom stereocenters. The van der Waals surface area contributed by atoms with Crippen molar-refractivity contribution in [2.45, 2.75) is 20.3 Å². The first kappa shape index (κ1) is 12.6. The number of nitrogens with one attached hydrogen (secondary N) is 1. The second-order valence-electron chi connectivity index (χ2n) is 3.98. The van der Waals surface area contributed by atoms with E-state index in [-0.39, 0.29) is 12.3 Å². The Labute approximate surface area is 110 Å². The average Bonchev–Trinajstić information content (AvgIpc) is 2.57. The first-order valence-corrected chi connectivity index (χ1v) is 5.91. The second kappa shape index (κ2) is 5.23. The summed E-state index contributed by atoms with van der Waals surface area (Å²) in [5.74, 6) is 1.00. The number of benzene rings is 1. The van der Waals surface area contributed by atoms with Crippen LogP contribution in [-0.2, 0) is 11.2 Å². The largest absolute Gasteiger partial charge is 0.445 e. The van der Waals surface area contributed by atoms with Crippen molar-refractivity contribution in [2.75, 3.05) is 5.32 Å². The predicted molar refractivity (Wildman–Crippen MR) is 69.8 cm³/mol. The van der Waals surface area contributed by atoms with Crippen molar-refractivity contribution in [1.82, 2.24) is 4.98 Å². The molecule has 1 amide bonds. The number of anilines is 1. The minimum Gasteiger partial charge on any atom is -0.445 e. The zero-order valence-electron chi connectivity index (χ0n) is 10.2. The van der Waals surface area contributed by atoms with Gasteiger partial charge in [0, 0.05) is 17.6 Å². The molecule has 0 atom stereocenters. The van der Waals surface area contributed by atoms with E-state index in [0.717, 1.165) is 5.69 Å². The minimum absolute atomic E-state index is 0.156. The van der Waals surface area contributed by atoms with Crippen LogP contribution in [0.4, 0.5) is 5.69 Å². The Balaban J connectivity index is 2.03. The maximum atomic E-state index is 11.8. The molecule has 0 aliphatic rings. The summed E-state index contributed by atoms with van der Waals surface area (Å²) in [5, 5.41) is 3.34.